The van der Waals surface area contributed by atoms with E-state index in [2.05, 4.69) is 41.0 Å². The average molecular weight is 510 g/mol. The van der Waals surface area contributed by atoms with Crippen molar-refractivity contribution in [1.29, 1.82) is 0 Å². The fourth-order valence-corrected chi connectivity index (χ4v) is 5.63. The molecule has 1 aliphatic rings. The molecule has 7 nitrogen and oxygen atoms in total. The van der Waals surface area contributed by atoms with Crippen LogP contribution < -0.4 is 5.32 Å². The highest BCUT2D eigenvalue weighted by Gasteiger charge is 2.43. The van der Waals surface area contributed by atoms with E-state index in [0.29, 0.717) is 12.3 Å². The lowest BCUT2D eigenvalue weighted by molar-refractivity contribution is -0.141. The van der Waals surface area contributed by atoms with Crippen LogP contribution in [-0.4, -0.2) is 45.7 Å². The van der Waals surface area contributed by atoms with Gasteiger partial charge in [0.15, 0.2) is 0 Å². The molecule has 0 radical (unpaired) electrons. The van der Waals surface area contributed by atoms with Crippen LogP contribution in [0.2, 0.25) is 0 Å². The molecule has 0 spiro atoms. The number of nitrogens with zero attached hydrogens (tertiary/aromatic N) is 2. The van der Waals surface area contributed by atoms with Gasteiger partial charge in [-0.05, 0) is 46.9 Å². The Bertz CT molecular complexity index is 1200. The Morgan fingerprint density at radius 2 is 1.92 bits per heavy atom. The van der Waals surface area contributed by atoms with Crippen LogP contribution >= 0.6 is 11.3 Å². The SMILES string of the molecule is Cc1ccsc1-c1ccc(CNC(=O)[C@@H]2C[C@@H](O)CN2C(=O)C(c2cc(C(C)C)no2)C(C)C)cc1. The zero-order valence-electron chi connectivity index (χ0n) is 21.5. The molecule has 3 atom stereocenters. The van der Waals surface area contributed by atoms with Crippen molar-refractivity contribution in [3.63, 3.8) is 0 Å². The Kier molecular flexibility index (Phi) is 7.95. The van der Waals surface area contributed by atoms with Crippen molar-refractivity contribution in [2.24, 2.45) is 5.92 Å². The quantitative estimate of drug-likeness (QED) is 0.452. The molecule has 1 unspecified atom stereocenters. The van der Waals surface area contributed by atoms with Crippen molar-refractivity contribution in [3.8, 4) is 10.4 Å². The largest absolute Gasteiger partial charge is 0.391 e. The maximum absolute atomic E-state index is 13.6. The van der Waals surface area contributed by atoms with Crippen molar-refractivity contribution in [3.05, 3.63) is 64.4 Å². The Morgan fingerprint density at radius 1 is 1.19 bits per heavy atom. The van der Waals surface area contributed by atoms with Gasteiger partial charge in [-0.25, -0.2) is 0 Å². The number of aliphatic hydroxyl groups excluding tert-OH is 1. The maximum Gasteiger partial charge on any atom is 0.243 e. The molecule has 8 heteroatoms. The van der Waals surface area contributed by atoms with Crippen LogP contribution in [0.5, 0.6) is 0 Å². The van der Waals surface area contributed by atoms with Crippen molar-refractivity contribution in [1.82, 2.24) is 15.4 Å². The molecule has 2 N–H and O–H groups in total. The Morgan fingerprint density at radius 3 is 2.50 bits per heavy atom. The number of β-amino-alcohol motifs (C(OH)–C–C–N with tert-alkyl or cyclic N) is 1. The molecular weight excluding hydrogens is 474 g/mol. The Labute approximate surface area is 216 Å². The first kappa shape index (κ1) is 26.1. The zero-order valence-corrected chi connectivity index (χ0v) is 22.3. The molecule has 1 aromatic carbocycles. The van der Waals surface area contributed by atoms with E-state index in [1.54, 1.807) is 11.3 Å². The number of aliphatic hydroxyl groups is 1. The second-order valence-electron chi connectivity index (χ2n) is 10.3. The van der Waals surface area contributed by atoms with Gasteiger partial charge in [-0.15, -0.1) is 11.3 Å². The Balaban J connectivity index is 1.44. The van der Waals surface area contributed by atoms with Crippen molar-refractivity contribution < 1.29 is 19.2 Å². The standard InChI is InChI=1S/C28H35N3O4S/c1-16(2)22-13-24(35-30-22)25(17(3)4)28(34)31-15-21(32)12-23(31)27(33)29-14-19-6-8-20(9-7-19)26-18(5)10-11-36-26/h6-11,13,16-17,21,23,25,32H,12,14-15H2,1-5H3,(H,29,33)/t21-,23+,25?/m1/s1. The fraction of sp³-hybridized carbons (Fsp3) is 0.464. The summed E-state index contributed by atoms with van der Waals surface area (Å²) in [5.41, 5.74) is 4.16. The lowest BCUT2D eigenvalue weighted by Crippen LogP contribution is -2.48. The minimum Gasteiger partial charge on any atom is -0.391 e. The summed E-state index contributed by atoms with van der Waals surface area (Å²) < 4.78 is 5.54. The summed E-state index contributed by atoms with van der Waals surface area (Å²) >= 11 is 1.71. The van der Waals surface area contributed by atoms with Crippen LogP contribution in [0.15, 0.2) is 46.3 Å². The number of benzene rings is 1. The molecule has 0 saturated carbocycles. The van der Waals surface area contributed by atoms with Crippen molar-refractivity contribution in [2.75, 3.05) is 6.54 Å². The summed E-state index contributed by atoms with van der Waals surface area (Å²) in [7, 11) is 0. The number of thiophene rings is 1. The molecule has 3 aromatic rings. The fourth-order valence-electron chi connectivity index (χ4n) is 4.69. The van der Waals surface area contributed by atoms with Crippen LogP contribution in [0.4, 0.5) is 0 Å². The molecule has 192 valence electrons. The summed E-state index contributed by atoms with van der Waals surface area (Å²) in [6, 6.07) is 11.3. The number of aromatic nitrogens is 1. The van der Waals surface area contributed by atoms with Gasteiger partial charge in [0.1, 0.15) is 17.7 Å². The van der Waals surface area contributed by atoms with E-state index in [1.165, 1.54) is 15.3 Å². The number of hydrogen-bond acceptors (Lipinski definition) is 6. The molecule has 1 aliphatic heterocycles. The molecule has 0 aliphatic carbocycles. The van der Waals surface area contributed by atoms with Gasteiger partial charge < -0.3 is 19.8 Å². The number of hydrogen-bond donors (Lipinski definition) is 2. The third kappa shape index (κ3) is 5.55. The maximum atomic E-state index is 13.6. The molecule has 1 fully saturated rings. The molecule has 2 aromatic heterocycles. The molecule has 0 bridgehead atoms. The van der Waals surface area contributed by atoms with E-state index in [1.807, 2.05) is 45.9 Å². The zero-order chi connectivity index (χ0) is 26.0. The van der Waals surface area contributed by atoms with Crippen LogP contribution in [-0.2, 0) is 16.1 Å². The van der Waals surface area contributed by atoms with E-state index in [-0.39, 0.29) is 36.6 Å². The van der Waals surface area contributed by atoms with E-state index >= 15 is 0 Å². The predicted octanol–water partition coefficient (Wildman–Crippen LogP) is 4.85. The topological polar surface area (TPSA) is 95.7 Å². The van der Waals surface area contributed by atoms with Gasteiger partial charge >= 0.3 is 0 Å². The normalized spacial score (nSPS) is 18.7. The smallest absolute Gasteiger partial charge is 0.243 e. The average Bonchev–Trinajstić information content (AvgIpc) is 3.58. The van der Waals surface area contributed by atoms with Crippen LogP contribution in [0.25, 0.3) is 10.4 Å². The summed E-state index contributed by atoms with van der Waals surface area (Å²) in [5, 5.41) is 19.5. The van der Waals surface area contributed by atoms with E-state index in [9.17, 15) is 14.7 Å². The number of amides is 2. The second kappa shape index (κ2) is 11.0. The minimum absolute atomic E-state index is 0.0580. The first-order valence-corrected chi connectivity index (χ1v) is 13.4. The minimum atomic E-state index is -0.744. The number of nitrogens with one attached hydrogen (secondary N) is 1. The number of likely N-dealkylation sites (tertiary alicyclic amines) is 1. The van der Waals surface area contributed by atoms with Gasteiger partial charge in [0.05, 0.1) is 11.8 Å². The third-order valence-electron chi connectivity index (χ3n) is 6.79. The molecule has 4 rings (SSSR count). The highest BCUT2D eigenvalue weighted by Crippen LogP contribution is 2.32. The lowest BCUT2D eigenvalue weighted by atomic mass is 9.90. The Hall–Kier alpha value is -2.97. The molecule has 1 saturated heterocycles. The molecule has 36 heavy (non-hydrogen) atoms. The summed E-state index contributed by atoms with van der Waals surface area (Å²) in [6.45, 7) is 10.5. The predicted molar refractivity (Wildman–Crippen MR) is 141 cm³/mol. The van der Waals surface area contributed by atoms with Crippen LogP contribution in [0, 0.1) is 12.8 Å². The monoisotopic (exact) mass is 509 g/mol. The van der Waals surface area contributed by atoms with Crippen LogP contribution in [0.1, 0.15) is 68.5 Å². The summed E-state index contributed by atoms with van der Waals surface area (Å²) in [6.07, 6.45) is -0.529. The van der Waals surface area contributed by atoms with E-state index in [0.717, 1.165) is 16.8 Å². The summed E-state index contributed by atoms with van der Waals surface area (Å²) in [5.74, 6) is -0.428. The second-order valence-corrected chi connectivity index (χ2v) is 11.2. The molecule has 2 amide bonds. The van der Waals surface area contributed by atoms with Crippen LogP contribution in [0.3, 0.4) is 0 Å². The molecule has 3 heterocycles. The number of carbonyl (C=O) groups is 2. The molecular formula is C28H35N3O4S. The van der Waals surface area contributed by atoms with E-state index < -0.39 is 18.1 Å². The first-order valence-electron chi connectivity index (χ1n) is 12.5. The van der Waals surface area contributed by atoms with Crippen molar-refractivity contribution in [2.45, 2.75) is 71.6 Å². The van der Waals surface area contributed by atoms with E-state index in [4.69, 9.17) is 4.52 Å². The summed E-state index contributed by atoms with van der Waals surface area (Å²) in [4.78, 5) is 29.5. The third-order valence-corrected chi connectivity index (χ3v) is 7.85. The first-order chi connectivity index (χ1) is 17.2. The van der Waals surface area contributed by atoms with Gasteiger partial charge in [-0.2, -0.15) is 0 Å². The number of aryl methyl sites for hydroxylation is 1. The van der Waals surface area contributed by atoms with Crippen molar-refractivity contribution >= 4 is 23.2 Å². The van der Waals surface area contributed by atoms with Gasteiger partial charge in [-0.3, -0.25) is 9.59 Å². The highest BCUT2D eigenvalue weighted by molar-refractivity contribution is 7.13. The van der Waals surface area contributed by atoms with Gasteiger partial charge in [0, 0.05) is 30.5 Å². The number of carbonyl (C=O) groups excluding carboxylic acids is 2. The van der Waals surface area contributed by atoms with Gasteiger partial charge in [-0.1, -0.05) is 57.1 Å². The lowest BCUT2D eigenvalue weighted by Gasteiger charge is -2.28. The van der Waals surface area contributed by atoms with Gasteiger partial charge in [0.25, 0.3) is 0 Å². The highest BCUT2D eigenvalue weighted by atomic mass is 32.1. The number of rotatable bonds is 8. The van der Waals surface area contributed by atoms with Gasteiger partial charge in [0.2, 0.25) is 11.8 Å².